The van der Waals surface area contributed by atoms with Crippen LogP contribution < -0.4 is 10.6 Å². The average molecular weight is 313 g/mol. The fourth-order valence-electron chi connectivity index (χ4n) is 2.24. The predicted molar refractivity (Wildman–Crippen MR) is 94.5 cm³/mol. The maximum Gasteiger partial charge on any atom is 0.191 e. The summed E-state index contributed by atoms with van der Waals surface area (Å²) in [5.41, 5.74) is 0. The molecular weight excluding hydrogens is 276 g/mol. The zero-order chi connectivity index (χ0) is 16.4. The molecule has 1 unspecified atom stereocenters. The van der Waals surface area contributed by atoms with E-state index < -0.39 is 0 Å². The summed E-state index contributed by atoms with van der Waals surface area (Å²) >= 11 is 0. The third-order valence-electron chi connectivity index (χ3n) is 3.89. The van der Waals surface area contributed by atoms with E-state index in [1.165, 1.54) is 12.8 Å². The number of hydrogen-bond acceptors (Lipinski definition) is 3. The Morgan fingerprint density at radius 1 is 1.27 bits per heavy atom. The van der Waals surface area contributed by atoms with Gasteiger partial charge in [0.05, 0.1) is 6.54 Å². The van der Waals surface area contributed by atoms with Gasteiger partial charge < -0.3 is 15.4 Å². The van der Waals surface area contributed by atoms with Gasteiger partial charge >= 0.3 is 0 Å². The van der Waals surface area contributed by atoms with Crippen molar-refractivity contribution in [3.63, 3.8) is 0 Å². The van der Waals surface area contributed by atoms with Crippen LogP contribution in [-0.2, 0) is 4.74 Å². The van der Waals surface area contributed by atoms with Crippen molar-refractivity contribution in [1.29, 1.82) is 0 Å². The van der Waals surface area contributed by atoms with Crippen LogP contribution in [0.25, 0.3) is 0 Å². The molecule has 0 aromatic carbocycles. The highest BCUT2D eigenvalue weighted by Crippen LogP contribution is 2.26. The Morgan fingerprint density at radius 2 is 2.00 bits per heavy atom. The molecule has 0 aromatic heterocycles. The second kappa shape index (κ2) is 10.8. The lowest BCUT2D eigenvalue weighted by molar-refractivity contribution is 0.108. The minimum Gasteiger partial charge on any atom is -0.381 e. The molecule has 0 radical (unpaired) electrons. The van der Waals surface area contributed by atoms with Crippen LogP contribution in [0.5, 0.6) is 0 Å². The number of hydrogen-bond donors (Lipinski definition) is 2. The smallest absolute Gasteiger partial charge is 0.191 e. The molecule has 0 amide bonds. The molecule has 1 aliphatic rings. The van der Waals surface area contributed by atoms with Gasteiger partial charge in [0.2, 0.25) is 0 Å². The lowest BCUT2D eigenvalue weighted by Gasteiger charge is -2.23. The summed E-state index contributed by atoms with van der Waals surface area (Å²) in [7, 11) is 2.21. The summed E-state index contributed by atoms with van der Waals surface area (Å²) < 4.78 is 5.59. The zero-order valence-corrected chi connectivity index (χ0v) is 15.2. The van der Waals surface area contributed by atoms with Gasteiger partial charge in [-0.1, -0.05) is 13.8 Å². The highest BCUT2D eigenvalue weighted by molar-refractivity contribution is 5.79. The number of aliphatic imine (C=N–C) groups is 1. The second-order valence-electron chi connectivity index (χ2n) is 6.71. The van der Waals surface area contributed by atoms with Crippen molar-refractivity contribution >= 4 is 5.96 Å². The van der Waals surface area contributed by atoms with Gasteiger partial charge in [-0.2, -0.15) is 0 Å². The van der Waals surface area contributed by atoms with E-state index in [2.05, 4.69) is 50.3 Å². The van der Waals surface area contributed by atoms with Crippen LogP contribution in [0.4, 0.5) is 0 Å². The van der Waals surface area contributed by atoms with Crippen LogP contribution in [-0.4, -0.2) is 62.8 Å². The molecule has 22 heavy (non-hydrogen) atoms. The van der Waals surface area contributed by atoms with Crippen molar-refractivity contribution in [2.45, 2.75) is 59.0 Å². The van der Waals surface area contributed by atoms with Crippen molar-refractivity contribution < 1.29 is 4.74 Å². The van der Waals surface area contributed by atoms with E-state index in [0.29, 0.717) is 12.0 Å². The molecule has 1 atom stereocenters. The van der Waals surface area contributed by atoms with Gasteiger partial charge in [0, 0.05) is 38.4 Å². The topological polar surface area (TPSA) is 48.9 Å². The van der Waals surface area contributed by atoms with Gasteiger partial charge in [-0.05, 0) is 46.1 Å². The molecule has 0 aliphatic heterocycles. The Morgan fingerprint density at radius 3 is 2.59 bits per heavy atom. The van der Waals surface area contributed by atoms with E-state index in [1.54, 1.807) is 0 Å². The number of nitrogens with one attached hydrogen (secondary N) is 2. The van der Waals surface area contributed by atoms with Crippen molar-refractivity contribution in [1.82, 2.24) is 15.5 Å². The average Bonchev–Trinajstić information content (AvgIpc) is 3.31. The summed E-state index contributed by atoms with van der Waals surface area (Å²) in [5.74, 6) is 1.53. The molecule has 5 nitrogen and oxygen atoms in total. The van der Waals surface area contributed by atoms with Gasteiger partial charge in [0.25, 0.3) is 0 Å². The zero-order valence-electron chi connectivity index (χ0n) is 15.2. The van der Waals surface area contributed by atoms with Crippen LogP contribution in [0, 0.1) is 5.92 Å². The molecule has 0 saturated heterocycles. The summed E-state index contributed by atoms with van der Waals surface area (Å²) in [4.78, 5) is 7.15. The van der Waals surface area contributed by atoms with Gasteiger partial charge in [-0.15, -0.1) is 0 Å². The quantitative estimate of drug-likeness (QED) is 0.348. The summed E-state index contributed by atoms with van der Waals surface area (Å²) in [6, 6.07) is 1.29. The molecule has 130 valence electrons. The third kappa shape index (κ3) is 8.59. The number of nitrogens with zero attached hydrogens (tertiary/aromatic N) is 2. The monoisotopic (exact) mass is 312 g/mol. The van der Waals surface area contributed by atoms with E-state index in [0.717, 1.165) is 51.3 Å². The molecular formula is C17H36N4O. The van der Waals surface area contributed by atoms with E-state index in [9.17, 15) is 0 Å². The summed E-state index contributed by atoms with van der Waals surface area (Å²) in [6.45, 7) is 13.0. The largest absolute Gasteiger partial charge is 0.381 e. The molecule has 0 heterocycles. The Hall–Kier alpha value is -0.810. The lowest BCUT2D eigenvalue weighted by Crippen LogP contribution is -2.40. The Kier molecular flexibility index (Phi) is 9.48. The van der Waals surface area contributed by atoms with Crippen molar-refractivity contribution in [2.24, 2.45) is 10.9 Å². The minimum absolute atomic E-state index is 0.498. The van der Waals surface area contributed by atoms with Gasteiger partial charge in [0.1, 0.15) is 0 Å². The number of guanidine groups is 1. The van der Waals surface area contributed by atoms with E-state index in [-0.39, 0.29) is 0 Å². The van der Waals surface area contributed by atoms with Gasteiger partial charge in [0.15, 0.2) is 5.96 Å². The molecule has 1 rings (SSSR count). The van der Waals surface area contributed by atoms with Crippen molar-refractivity contribution in [3.8, 4) is 0 Å². The van der Waals surface area contributed by atoms with Gasteiger partial charge in [-0.25, -0.2) is 0 Å². The van der Waals surface area contributed by atoms with Crippen LogP contribution >= 0.6 is 0 Å². The lowest BCUT2D eigenvalue weighted by atomic mass is 10.2. The first-order valence-electron chi connectivity index (χ1n) is 8.86. The molecule has 2 N–H and O–H groups in total. The van der Waals surface area contributed by atoms with Crippen molar-refractivity contribution in [2.75, 3.05) is 39.9 Å². The standard InChI is InChI=1S/C17H36N4O/c1-6-18-17(19-10-7-11-22-13-14(2)3)20-12-15(4)21(5)16-8-9-16/h14-16H,6-13H2,1-5H3,(H2,18,19,20). The van der Waals surface area contributed by atoms with Gasteiger partial charge in [-0.3, -0.25) is 9.89 Å². The fourth-order valence-corrected chi connectivity index (χ4v) is 2.24. The highest BCUT2D eigenvalue weighted by atomic mass is 16.5. The minimum atomic E-state index is 0.498. The normalized spacial score (nSPS) is 17.1. The number of ether oxygens (including phenoxy) is 1. The first kappa shape index (κ1) is 19.2. The third-order valence-corrected chi connectivity index (χ3v) is 3.89. The van der Waals surface area contributed by atoms with E-state index in [4.69, 9.17) is 9.73 Å². The van der Waals surface area contributed by atoms with Crippen LogP contribution in [0.15, 0.2) is 4.99 Å². The number of likely N-dealkylation sites (N-methyl/N-ethyl adjacent to an activating group) is 1. The first-order valence-corrected chi connectivity index (χ1v) is 8.86. The van der Waals surface area contributed by atoms with Crippen LogP contribution in [0.3, 0.4) is 0 Å². The van der Waals surface area contributed by atoms with E-state index >= 15 is 0 Å². The maximum absolute atomic E-state index is 5.59. The fraction of sp³-hybridized carbons (Fsp3) is 0.941. The molecule has 0 bridgehead atoms. The maximum atomic E-state index is 5.59. The first-order chi connectivity index (χ1) is 10.5. The van der Waals surface area contributed by atoms with Crippen LogP contribution in [0.2, 0.25) is 0 Å². The SMILES string of the molecule is CCNC(=NCC(C)N(C)C1CC1)NCCCOCC(C)C. The second-order valence-corrected chi connectivity index (χ2v) is 6.71. The van der Waals surface area contributed by atoms with Crippen molar-refractivity contribution in [3.05, 3.63) is 0 Å². The Bertz CT molecular complexity index is 316. The Balaban J connectivity index is 2.20. The molecule has 1 fully saturated rings. The molecule has 1 saturated carbocycles. The molecule has 1 aliphatic carbocycles. The number of rotatable bonds is 11. The molecule has 0 spiro atoms. The highest BCUT2D eigenvalue weighted by Gasteiger charge is 2.28. The van der Waals surface area contributed by atoms with E-state index in [1.807, 2.05) is 0 Å². The summed E-state index contributed by atoms with van der Waals surface area (Å²) in [5, 5.41) is 6.70. The molecule has 5 heteroatoms. The summed E-state index contributed by atoms with van der Waals surface area (Å²) in [6.07, 6.45) is 3.70. The Labute approximate surface area is 136 Å². The molecule has 0 aromatic rings. The predicted octanol–water partition coefficient (Wildman–Crippen LogP) is 2.09. The van der Waals surface area contributed by atoms with Crippen LogP contribution in [0.1, 0.15) is 47.0 Å².